The zero-order valence-electron chi connectivity index (χ0n) is 12.2. The molecule has 0 fully saturated rings. The van der Waals surface area contributed by atoms with E-state index in [2.05, 4.69) is 15.4 Å². The molecule has 0 saturated heterocycles. The monoisotopic (exact) mass is 347 g/mol. The van der Waals surface area contributed by atoms with Gasteiger partial charge in [-0.25, -0.2) is 5.43 Å². The molecule has 8 heteroatoms. The second-order valence-corrected chi connectivity index (χ2v) is 6.80. The molecule has 0 aliphatic carbocycles. The Morgan fingerprint density at radius 3 is 2.71 bits per heavy atom. The van der Waals surface area contributed by atoms with E-state index in [9.17, 15) is 0 Å². The number of likely N-dealkylation sites (N-methyl/N-ethyl adjacent to an activating group) is 1. The van der Waals surface area contributed by atoms with Crippen molar-refractivity contribution in [2.75, 3.05) is 20.6 Å². The average molecular weight is 348 g/mol. The Balaban J connectivity index is 2.38. The molecule has 1 unspecified atom stereocenters. The molecule has 21 heavy (non-hydrogen) atoms. The number of hydrazine groups is 1. The number of aryl methyl sites for hydroxylation is 1. The van der Waals surface area contributed by atoms with Crippen molar-refractivity contribution in [2.45, 2.75) is 19.5 Å². The summed E-state index contributed by atoms with van der Waals surface area (Å²) in [7, 11) is 4.03. The van der Waals surface area contributed by atoms with Gasteiger partial charge in [0.05, 0.1) is 34.5 Å². The van der Waals surface area contributed by atoms with Crippen molar-refractivity contribution < 1.29 is 0 Å². The summed E-state index contributed by atoms with van der Waals surface area (Å²) in [5.74, 6) is 5.76. The highest BCUT2D eigenvalue weighted by Gasteiger charge is 2.25. The molecule has 3 N–H and O–H groups in total. The SMILES string of the molecule is Cc1csc(C(NN)c2c(Cl)cnn2CCN(C)C)c1Cl. The van der Waals surface area contributed by atoms with E-state index in [0.717, 1.165) is 34.2 Å². The molecule has 0 aliphatic heterocycles. The first-order valence-electron chi connectivity index (χ1n) is 6.51. The Kier molecular flexibility index (Phi) is 5.65. The molecule has 0 amide bonds. The highest BCUT2D eigenvalue weighted by Crippen LogP contribution is 2.37. The first-order chi connectivity index (χ1) is 9.95. The summed E-state index contributed by atoms with van der Waals surface area (Å²) in [6, 6.07) is -0.270. The van der Waals surface area contributed by atoms with Crippen LogP contribution in [0.25, 0.3) is 0 Å². The molecule has 0 radical (unpaired) electrons. The quantitative estimate of drug-likeness (QED) is 0.623. The van der Waals surface area contributed by atoms with Crippen LogP contribution in [0.2, 0.25) is 10.0 Å². The maximum atomic E-state index is 6.37. The Labute approximate surface area is 138 Å². The lowest BCUT2D eigenvalue weighted by Gasteiger charge is -2.19. The highest BCUT2D eigenvalue weighted by atomic mass is 35.5. The van der Waals surface area contributed by atoms with Crippen LogP contribution in [-0.2, 0) is 6.54 Å². The Morgan fingerprint density at radius 1 is 1.48 bits per heavy atom. The molecule has 0 saturated carbocycles. The van der Waals surface area contributed by atoms with Gasteiger partial charge in [-0.3, -0.25) is 10.5 Å². The van der Waals surface area contributed by atoms with Crippen molar-refractivity contribution >= 4 is 34.5 Å². The van der Waals surface area contributed by atoms with Crippen LogP contribution in [0.3, 0.4) is 0 Å². The zero-order chi connectivity index (χ0) is 15.6. The molecule has 0 aliphatic rings. The molecular weight excluding hydrogens is 329 g/mol. The number of nitrogens with two attached hydrogens (primary N) is 1. The van der Waals surface area contributed by atoms with Gasteiger partial charge < -0.3 is 4.90 Å². The Hall–Kier alpha value is -0.630. The van der Waals surface area contributed by atoms with Gasteiger partial charge in [-0.1, -0.05) is 23.2 Å². The van der Waals surface area contributed by atoms with Crippen molar-refractivity contribution in [1.82, 2.24) is 20.1 Å². The smallest absolute Gasteiger partial charge is 0.1000 e. The molecule has 2 aromatic rings. The van der Waals surface area contributed by atoms with Crippen LogP contribution in [-0.4, -0.2) is 35.3 Å². The predicted octanol–water partition coefficient (Wildman–Crippen LogP) is 2.67. The minimum absolute atomic E-state index is 0.270. The molecule has 1 atom stereocenters. The van der Waals surface area contributed by atoms with E-state index >= 15 is 0 Å². The normalized spacial score (nSPS) is 13.1. The Morgan fingerprint density at radius 2 is 2.19 bits per heavy atom. The van der Waals surface area contributed by atoms with E-state index in [1.165, 1.54) is 0 Å². The fraction of sp³-hybridized carbons (Fsp3) is 0.462. The number of nitrogens with zero attached hydrogens (tertiary/aromatic N) is 3. The number of hydrogen-bond acceptors (Lipinski definition) is 5. The topological polar surface area (TPSA) is 59.1 Å². The first-order valence-corrected chi connectivity index (χ1v) is 8.14. The van der Waals surface area contributed by atoms with Crippen molar-refractivity contribution in [1.29, 1.82) is 0 Å². The number of thiophene rings is 1. The third-order valence-electron chi connectivity index (χ3n) is 3.22. The summed E-state index contributed by atoms with van der Waals surface area (Å²) in [4.78, 5) is 3.04. The number of aromatic nitrogens is 2. The largest absolute Gasteiger partial charge is 0.308 e. The standard InChI is InChI=1S/C13H19Cl2N5S/c1-8-7-21-13(10(8)15)11(18-16)12-9(14)6-17-20(12)5-4-19(2)3/h6-7,11,18H,4-5,16H2,1-3H3. The van der Waals surface area contributed by atoms with Crippen LogP contribution >= 0.6 is 34.5 Å². The first kappa shape index (κ1) is 16.7. The van der Waals surface area contributed by atoms with Gasteiger partial charge in [-0.05, 0) is 32.0 Å². The lowest BCUT2D eigenvalue weighted by atomic mass is 10.1. The maximum Gasteiger partial charge on any atom is 0.1000 e. The van der Waals surface area contributed by atoms with Crippen molar-refractivity contribution in [2.24, 2.45) is 5.84 Å². The van der Waals surface area contributed by atoms with Crippen LogP contribution in [0.5, 0.6) is 0 Å². The molecule has 0 spiro atoms. The summed E-state index contributed by atoms with van der Waals surface area (Å²) < 4.78 is 1.87. The van der Waals surface area contributed by atoms with E-state index in [4.69, 9.17) is 29.0 Å². The van der Waals surface area contributed by atoms with Gasteiger partial charge in [0.15, 0.2) is 0 Å². The number of nitrogens with one attached hydrogen (secondary N) is 1. The molecule has 5 nitrogen and oxygen atoms in total. The fourth-order valence-electron chi connectivity index (χ4n) is 2.06. The van der Waals surface area contributed by atoms with Crippen LogP contribution in [0, 0.1) is 6.92 Å². The van der Waals surface area contributed by atoms with Crippen LogP contribution in [0.1, 0.15) is 22.2 Å². The summed E-state index contributed by atoms with van der Waals surface area (Å²) in [5.41, 5.74) is 4.68. The molecule has 2 aromatic heterocycles. The second-order valence-electron chi connectivity index (χ2n) is 5.10. The lowest BCUT2D eigenvalue weighted by molar-refractivity contribution is 0.366. The summed E-state index contributed by atoms with van der Waals surface area (Å²) >= 11 is 14.2. The molecule has 2 heterocycles. The number of hydrogen-bond donors (Lipinski definition) is 2. The summed E-state index contributed by atoms with van der Waals surface area (Å²) in [6.45, 7) is 3.57. The van der Waals surface area contributed by atoms with Crippen LogP contribution < -0.4 is 11.3 Å². The van der Waals surface area contributed by atoms with Gasteiger partial charge in [-0.15, -0.1) is 11.3 Å². The van der Waals surface area contributed by atoms with Gasteiger partial charge in [-0.2, -0.15) is 5.10 Å². The van der Waals surface area contributed by atoms with E-state index in [-0.39, 0.29) is 6.04 Å². The van der Waals surface area contributed by atoms with Gasteiger partial charge >= 0.3 is 0 Å². The van der Waals surface area contributed by atoms with Crippen LogP contribution in [0.15, 0.2) is 11.6 Å². The highest BCUT2D eigenvalue weighted by molar-refractivity contribution is 7.10. The second kappa shape index (κ2) is 7.09. The zero-order valence-corrected chi connectivity index (χ0v) is 14.6. The molecule has 116 valence electrons. The summed E-state index contributed by atoms with van der Waals surface area (Å²) in [5, 5.41) is 7.66. The average Bonchev–Trinajstić information content (AvgIpc) is 2.96. The third-order valence-corrected chi connectivity index (χ3v) is 5.29. The van der Waals surface area contributed by atoms with Crippen molar-refractivity contribution in [3.05, 3.63) is 37.8 Å². The van der Waals surface area contributed by atoms with Crippen molar-refractivity contribution in [3.63, 3.8) is 0 Å². The minimum Gasteiger partial charge on any atom is -0.308 e. The van der Waals surface area contributed by atoms with E-state index in [0.29, 0.717) is 5.02 Å². The van der Waals surface area contributed by atoms with Gasteiger partial charge in [0.25, 0.3) is 0 Å². The van der Waals surface area contributed by atoms with E-state index in [1.54, 1.807) is 17.5 Å². The van der Waals surface area contributed by atoms with Crippen LogP contribution in [0.4, 0.5) is 0 Å². The number of rotatable bonds is 6. The minimum atomic E-state index is -0.270. The molecule has 0 aromatic carbocycles. The van der Waals surface area contributed by atoms with E-state index in [1.807, 2.05) is 31.1 Å². The third kappa shape index (κ3) is 3.59. The maximum absolute atomic E-state index is 6.37. The summed E-state index contributed by atoms with van der Waals surface area (Å²) in [6.07, 6.45) is 1.64. The van der Waals surface area contributed by atoms with E-state index < -0.39 is 0 Å². The molecular formula is C13H19Cl2N5S. The van der Waals surface area contributed by atoms with Gasteiger partial charge in [0, 0.05) is 11.4 Å². The van der Waals surface area contributed by atoms with Crippen molar-refractivity contribution in [3.8, 4) is 0 Å². The molecule has 0 bridgehead atoms. The lowest BCUT2D eigenvalue weighted by Crippen LogP contribution is -2.31. The van der Waals surface area contributed by atoms with Gasteiger partial charge in [0.2, 0.25) is 0 Å². The van der Waals surface area contributed by atoms with Gasteiger partial charge in [0.1, 0.15) is 0 Å². The Bertz CT molecular complexity index is 608. The fourth-order valence-corrected chi connectivity index (χ4v) is 3.67. The predicted molar refractivity (Wildman–Crippen MR) is 89.0 cm³/mol. The molecule has 2 rings (SSSR count). The number of halogens is 2.